The van der Waals surface area contributed by atoms with Crippen molar-refractivity contribution < 1.29 is 4.79 Å². The highest BCUT2D eigenvalue weighted by atomic mass is 79.9. The highest BCUT2D eigenvalue weighted by Gasteiger charge is 2.09. The van der Waals surface area contributed by atoms with Crippen molar-refractivity contribution >= 4 is 44.8 Å². The molecule has 0 aliphatic heterocycles. The van der Waals surface area contributed by atoms with Crippen molar-refractivity contribution in [1.82, 2.24) is 0 Å². The van der Waals surface area contributed by atoms with Gasteiger partial charge in [0.1, 0.15) is 0 Å². The molecule has 0 unspecified atom stereocenters. The van der Waals surface area contributed by atoms with Crippen molar-refractivity contribution in [2.75, 3.05) is 11.1 Å². The Morgan fingerprint density at radius 1 is 1.15 bits per heavy atom. The Kier molecular flexibility index (Phi) is 4.35. The maximum absolute atomic E-state index is 12.2. The highest BCUT2D eigenvalue weighted by molar-refractivity contribution is 9.10. The SMILES string of the molecule is Cc1cc(NC(=O)c2cc(N)cc(Cl)c2)cc(C)c1Br. The number of carbonyl (C=O) groups excluding carboxylic acids is 1. The Bertz CT molecular complexity index is 642. The van der Waals surface area contributed by atoms with Gasteiger partial charge in [-0.25, -0.2) is 0 Å². The maximum Gasteiger partial charge on any atom is 0.255 e. The van der Waals surface area contributed by atoms with Crippen LogP contribution in [0.25, 0.3) is 0 Å². The lowest BCUT2D eigenvalue weighted by Gasteiger charge is -2.10. The molecule has 5 heteroatoms. The van der Waals surface area contributed by atoms with E-state index in [1.54, 1.807) is 18.2 Å². The molecule has 2 rings (SSSR count). The first kappa shape index (κ1) is 14.9. The molecule has 0 saturated heterocycles. The summed E-state index contributed by atoms with van der Waals surface area (Å²) in [6.45, 7) is 3.95. The maximum atomic E-state index is 12.2. The molecule has 0 heterocycles. The molecule has 20 heavy (non-hydrogen) atoms. The van der Waals surface area contributed by atoms with Crippen molar-refractivity contribution in [3.05, 3.63) is 56.5 Å². The normalized spacial score (nSPS) is 10.4. The van der Waals surface area contributed by atoms with Gasteiger partial charge in [-0.15, -0.1) is 0 Å². The van der Waals surface area contributed by atoms with Gasteiger partial charge in [0.25, 0.3) is 5.91 Å². The van der Waals surface area contributed by atoms with Crippen molar-refractivity contribution in [1.29, 1.82) is 0 Å². The van der Waals surface area contributed by atoms with E-state index in [0.29, 0.717) is 16.3 Å². The van der Waals surface area contributed by atoms with E-state index >= 15 is 0 Å². The topological polar surface area (TPSA) is 55.1 Å². The van der Waals surface area contributed by atoms with Gasteiger partial charge in [0.05, 0.1) is 0 Å². The predicted octanol–water partition coefficient (Wildman–Crippen LogP) is 4.55. The molecule has 0 aliphatic carbocycles. The largest absolute Gasteiger partial charge is 0.399 e. The molecule has 0 fully saturated rings. The fourth-order valence-electron chi connectivity index (χ4n) is 1.96. The number of halogens is 2. The van der Waals surface area contributed by atoms with E-state index < -0.39 is 0 Å². The van der Waals surface area contributed by atoms with Crippen LogP contribution in [0.15, 0.2) is 34.8 Å². The van der Waals surface area contributed by atoms with Crippen LogP contribution >= 0.6 is 27.5 Å². The number of anilines is 2. The van der Waals surface area contributed by atoms with E-state index in [9.17, 15) is 4.79 Å². The number of carbonyl (C=O) groups is 1. The van der Waals surface area contributed by atoms with Gasteiger partial charge >= 0.3 is 0 Å². The standard InChI is InChI=1S/C15H14BrClN2O/c1-8-3-13(4-9(2)14(8)16)19-15(20)10-5-11(17)7-12(18)6-10/h3-7H,18H2,1-2H3,(H,19,20). The third kappa shape index (κ3) is 3.32. The Labute approximate surface area is 131 Å². The van der Waals surface area contributed by atoms with E-state index in [1.165, 1.54) is 0 Å². The van der Waals surface area contributed by atoms with E-state index in [0.717, 1.165) is 21.3 Å². The van der Waals surface area contributed by atoms with Crippen LogP contribution in [0.2, 0.25) is 5.02 Å². The number of nitrogens with two attached hydrogens (primary N) is 1. The van der Waals surface area contributed by atoms with Crippen LogP contribution in [0, 0.1) is 13.8 Å². The molecule has 2 aromatic rings. The summed E-state index contributed by atoms with van der Waals surface area (Å²) in [5, 5.41) is 3.29. The number of aryl methyl sites for hydroxylation is 2. The van der Waals surface area contributed by atoms with E-state index in [2.05, 4.69) is 21.2 Å². The van der Waals surface area contributed by atoms with Gasteiger partial charge < -0.3 is 11.1 Å². The molecule has 104 valence electrons. The molecule has 0 aliphatic rings. The molecule has 0 atom stereocenters. The average Bonchev–Trinajstić information content (AvgIpc) is 2.34. The minimum atomic E-state index is -0.236. The van der Waals surface area contributed by atoms with Gasteiger partial charge in [0, 0.05) is 26.4 Å². The van der Waals surface area contributed by atoms with Crippen molar-refractivity contribution in [2.45, 2.75) is 13.8 Å². The van der Waals surface area contributed by atoms with Gasteiger partial charge in [0.2, 0.25) is 0 Å². The minimum absolute atomic E-state index is 0.236. The molecule has 3 N–H and O–H groups in total. The number of hydrogen-bond acceptors (Lipinski definition) is 2. The predicted molar refractivity (Wildman–Crippen MR) is 87.4 cm³/mol. The molecular formula is C15H14BrClN2O. The molecule has 0 saturated carbocycles. The van der Waals surface area contributed by atoms with Gasteiger partial charge in [-0.2, -0.15) is 0 Å². The van der Waals surface area contributed by atoms with Crippen LogP contribution in [-0.2, 0) is 0 Å². The fraction of sp³-hybridized carbons (Fsp3) is 0.133. The van der Waals surface area contributed by atoms with Crippen molar-refractivity contribution in [2.24, 2.45) is 0 Å². The summed E-state index contributed by atoms with van der Waals surface area (Å²) in [6.07, 6.45) is 0. The van der Waals surface area contributed by atoms with Gasteiger partial charge in [-0.05, 0) is 55.3 Å². The summed E-state index contributed by atoms with van der Waals surface area (Å²) in [5.41, 5.74) is 9.45. The Balaban J connectivity index is 2.28. The zero-order valence-electron chi connectivity index (χ0n) is 11.1. The molecule has 3 nitrogen and oxygen atoms in total. The van der Waals surface area contributed by atoms with Crippen LogP contribution in [0.4, 0.5) is 11.4 Å². The third-order valence-electron chi connectivity index (χ3n) is 2.88. The lowest BCUT2D eigenvalue weighted by Crippen LogP contribution is -2.12. The lowest BCUT2D eigenvalue weighted by atomic mass is 10.1. The second kappa shape index (κ2) is 5.85. The fourth-order valence-corrected chi connectivity index (χ4v) is 2.44. The number of nitrogens with one attached hydrogen (secondary N) is 1. The summed E-state index contributed by atoms with van der Waals surface area (Å²) < 4.78 is 1.04. The average molecular weight is 354 g/mol. The summed E-state index contributed by atoms with van der Waals surface area (Å²) >= 11 is 9.40. The number of rotatable bonds is 2. The van der Waals surface area contributed by atoms with Crippen LogP contribution in [-0.4, -0.2) is 5.91 Å². The second-order valence-corrected chi connectivity index (χ2v) is 5.88. The van der Waals surface area contributed by atoms with Gasteiger partial charge in [-0.3, -0.25) is 4.79 Å². The summed E-state index contributed by atoms with van der Waals surface area (Å²) in [5.74, 6) is -0.236. The van der Waals surface area contributed by atoms with Crippen LogP contribution in [0.5, 0.6) is 0 Å². The first-order chi connectivity index (χ1) is 9.36. The molecule has 0 bridgehead atoms. The van der Waals surface area contributed by atoms with Crippen LogP contribution < -0.4 is 11.1 Å². The summed E-state index contributed by atoms with van der Waals surface area (Å²) in [6, 6.07) is 8.60. The van der Waals surface area contributed by atoms with E-state index in [-0.39, 0.29) is 5.91 Å². The van der Waals surface area contributed by atoms with E-state index in [4.69, 9.17) is 17.3 Å². The number of hydrogen-bond donors (Lipinski definition) is 2. The zero-order valence-corrected chi connectivity index (χ0v) is 13.5. The Morgan fingerprint density at radius 2 is 1.75 bits per heavy atom. The van der Waals surface area contributed by atoms with Crippen LogP contribution in [0.3, 0.4) is 0 Å². The minimum Gasteiger partial charge on any atom is -0.399 e. The molecule has 0 aromatic heterocycles. The van der Waals surface area contributed by atoms with Crippen molar-refractivity contribution in [3.8, 4) is 0 Å². The molecule has 0 radical (unpaired) electrons. The van der Waals surface area contributed by atoms with E-state index in [1.807, 2.05) is 26.0 Å². The Hall–Kier alpha value is -1.52. The number of benzene rings is 2. The highest BCUT2D eigenvalue weighted by Crippen LogP contribution is 2.25. The second-order valence-electron chi connectivity index (χ2n) is 4.65. The number of amides is 1. The van der Waals surface area contributed by atoms with Gasteiger partial charge in [0.15, 0.2) is 0 Å². The number of nitrogen functional groups attached to an aromatic ring is 1. The first-order valence-electron chi connectivity index (χ1n) is 6.01. The smallest absolute Gasteiger partial charge is 0.255 e. The van der Waals surface area contributed by atoms with Crippen molar-refractivity contribution in [3.63, 3.8) is 0 Å². The monoisotopic (exact) mass is 352 g/mol. The summed E-state index contributed by atoms with van der Waals surface area (Å²) in [7, 11) is 0. The molecule has 1 amide bonds. The quantitative estimate of drug-likeness (QED) is 0.778. The first-order valence-corrected chi connectivity index (χ1v) is 7.18. The summed E-state index contributed by atoms with van der Waals surface area (Å²) in [4.78, 5) is 12.2. The molecule has 2 aromatic carbocycles. The molecule has 0 spiro atoms. The Morgan fingerprint density at radius 3 is 2.30 bits per heavy atom. The lowest BCUT2D eigenvalue weighted by molar-refractivity contribution is 0.102. The molecular weight excluding hydrogens is 340 g/mol. The van der Waals surface area contributed by atoms with Gasteiger partial charge in [-0.1, -0.05) is 27.5 Å². The third-order valence-corrected chi connectivity index (χ3v) is 4.35. The zero-order chi connectivity index (χ0) is 14.9. The van der Waals surface area contributed by atoms with Crippen LogP contribution in [0.1, 0.15) is 21.5 Å².